The third-order valence-electron chi connectivity index (χ3n) is 4.06. The highest BCUT2D eigenvalue weighted by Crippen LogP contribution is 2.35. The van der Waals surface area contributed by atoms with Gasteiger partial charge in [0, 0.05) is 31.9 Å². The zero-order valence-electron chi connectivity index (χ0n) is 15.2. The summed E-state index contributed by atoms with van der Waals surface area (Å²) in [6.07, 6.45) is 5.45. The minimum Gasteiger partial charge on any atom is -0.378 e. The first-order valence-corrected chi connectivity index (χ1v) is 9.56. The smallest absolute Gasteiger partial charge is 0.270 e. The molecule has 0 aromatic heterocycles. The molecule has 0 saturated carbocycles. The number of nitro benzene ring substituents is 1. The van der Waals surface area contributed by atoms with Crippen LogP contribution in [0.1, 0.15) is 5.56 Å². The van der Waals surface area contributed by atoms with Crippen LogP contribution in [0.3, 0.4) is 0 Å². The number of thiocarbonyl (C=S) groups is 1. The first-order valence-electron chi connectivity index (χ1n) is 8.33. The van der Waals surface area contributed by atoms with Gasteiger partial charge in [0.2, 0.25) is 0 Å². The first-order chi connectivity index (χ1) is 13.4. The van der Waals surface area contributed by atoms with E-state index in [0.29, 0.717) is 14.9 Å². The van der Waals surface area contributed by atoms with E-state index in [4.69, 9.17) is 12.2 Å². The molecule has 0 bridgehead atoms. The van der Waals surface area contributed by atoms with Crippen LogP contribution in [0, 0.1) is 10.1 Å². The summed E-state index contributed by atoms with van der Waals surface area (Å²) >= 11 is 6.51. The Kier molecular flexibility index (Phi) is 5.91. The third-order valence-corrected chi connectivity index (χ3v) is 5.38. The van der Waals surface area contributed by atoms with E-state index in [1.807, 2.05) is 55.4 Å². The van der Waals surface area contributed by atoms with Crippen LogP contribution in [0.5, 0.6) is 0 Å². The lowest BCUT2D eigenvalue weighted by Gasteiger charge is -2.13. The van der Waals surface area contributed by atoms with Gasteiger partial charge >= 0.3 is 0 Å². The molecule has 0 atom stereocenters. The van der Waals surface area contributed by atoms with Crippen molar-refractivity contribution in [1.82, 2.24) is 0 Å². The number of carbonyl (C=O) groups excluding carboxylic acids is 1. The lowest BCUT2D eigenvalue weighted by molar-refractivity contribution is -0.384. The summed E-state index contributed by atoms with van der Waals surface area (Å²) in [6, 6.07) is 13.8. The van der Waals surface area contributed by atoms with Gasteiger partial charge in [-0.3, -0.25) is 19.8 Å². The average molecular weight is 412 g/mol. The molecule has 1 saturated heterocycles. The number of amides is 1. The Labute approximate surface area is 172 Å². The maximum atomic E-state index is 12.7. The highest BCUT2D eigenvalue weighted by atomic mass is 32.2. The van der Waals surface area contributed by atoms with Crippen LogP contribution < -0.4 is 9.80 Å². The average Bonchev–Trinajstić information content (AvgIpc) is 2.95. The maximum Gasteiger partial charge on any atom is 0.270 e. The van der Waals surface area contributed by atoms with Gasteiger partial charge in [0.15, 0.2) is 4.32 Å². The van der Waals surface area contributed by atoms with Crippen molar-refractivity contribution in [2.24, 2.45) is 0 Å². The molecular weight excluding hydrogens is 394 g/mol. The molecule has 0 N–H and O–H groups in total. The van der Waals surface area contributed by atoms with Crippen molar-refractivity contribution in [3.8, 4) is 0 Å². The highest BCUT2D eigenvalue weighted by Gasteiger charge is 2.33. The summed E-state index contributed by atoms with van der Waals surface area (Å²) in [4.78, 5) is 26.9. The summed E-state index contributed by atoms with van der Waals surface area (Å²) in [7, 11) is 3.97. The molecule has 3 rings (SSSR count). The normalized spacial score (nSPS) is 15.6. The Morgan fingerprint density at radius 1 is 1.11 bits per heavy atom. The second kappa shape index (κ2) is 8.37. The van der Waals surface area contributed by atoms with Crippen molar-refractivity contribution in [3.63, 3.8) is 0 Å². The summed E-state index contributed by atoms with van der Waals surface area (Å²) < 4.78 is 0.397. The predicted molar refractivity (Wildman–Crippen MR) is 119 cm³/mol. The van der Waals surface area contributed by atoms with Gasteiger partial charge in [0.25, 0.3) is 11.6 Å². The van der Waals surface area contributed by atoms with E-state index in [2.05, 4.69) is 0 Å². The molecule has 1 amide bonds. The third kappa shape index (κ3) is 4.29. The summed E-state index contributed by atoms with van der Waals surface area (Å²) in [5, 5.41) is 10.8. The number of benzene rings is 2. The van der Waals surface area contributed by atoms with Gasteiger partial charge in [-0.2, -0.15) is 0 Å². The van der Waals surface area contributed by atoms with Crippen LogP contribution in [0.4, 0.5) is 17.1 Å². The van der Waals surface area contributed by atoms with Gasteiger partial charge in [-0.15, -0.1) is 0 Å². The molecule has 2 aromatic rings. The van der Waals surface area contributed by atoms with Crippen molar-refractivity contribution < 1.29 is 9.72 Å². The van der Waals surface area contributed by atoms with Gasteiger partial charge in [-0.1, -0.05) is 48.3 Å². The summed E-state index contributed by atoms with van der Waals surface area (Å²) in [5.74, 6) is -0.239. The highest BCUT2D eigenvalue weighted by molar-refractivity contribution is 8.27. The van der Waals surface area contributed by atoms with Gasteiger partial charge in [0.05, 0.1) is 15.5 Å². The Balaban J connectivity index is 1.74. The van der Waals surface area contributed by atoms with Crippen LogP contribution in [0.25, 0.3) is 6.08 Å². The lowest BCUT2D eigenvalue weighted by atomic mass is 10.2. The fraction of sp³-hybridized carbons (Fsp3) is 0.100. The molecule has 28 heavy (non-hydrogen) atoms. The number of anilines is 2. The number of carbonyl (C=O) groups is 1. The van der Waals surface area contributed by atoms with Crippen LogP contribution >= 0.6 is 24.0 Å². The maximum absolute atomic E-state index is 12.7. The Morgan fingerprint density at radius 3 is 2.32 bits per heavy atom. The molecular formula is C20H17N3O3S2. The van der Waals surface area contributed by atoms with E-state index in [9.17, 15) is 14.9 Å². The SMILES string of the molecule is CN(C)c1ccc(C=CC=C2SC(=S)N(c3ccc([N+](=O)[O-])cc3)C2=O)cc1. The fourth-order valence-electron chi connectivity index (χ4n) is 2.56. The lowest BCUT2D eigenvalue weighted by Crippen LogP contribution is -2.27. The zero-order valence-corrected chi connectivity index (χ0v) is 16.9. The number of rotatable bonds is 5. The number of allylic oxidation sites excluding steroid dienone is 2. The largest absolute Gasteiger partial charge is 0.378 e. The second-order valence-corrected chi connectivity index (χ2v) is 7.83. The number of nitrogens with zero attached hydrogens (tertiary/aromatic N) is 3. The van der Waals surface area contributed by atoms with Crippen molar-refractivity contribution in [3.05, 3.63) is 81.3 Å². The van der Waals surface area contributed by atoms with Crippen LogP contribution in [-0.2, 0) is 4.79 Å². The number of hydrogen-bond acceptors (Lipinski definition) is 6. The van der Waals surface area contributed by atoms with Gasteiger partial charge in [-0.05, 0) is 35.9 Å². The molecule has 0 radical (unpaired) electrons. The van der Waals surface area contributed by atoms with Crippen LogP contribution in [0.2, 0.25) is 0 Å². The molecule has 6 nitrogen and oxygen atoms in total. The molecule has 0 unspecified atom stereocenters. The molecule has 142 valence electrons. The molecule has 1 fully saturated rings. The van der Waals surface area contributed by atoms with Gasteiger partial charge in [0.1, 0.15) is 0 Å². The molecule has 1 heterocycles. The standard InChI is InChI=1S/C20H17N3O3S2/c1-21(2)15-8-6-14(7-9-15)4-3-5-18-19(24)22(20(27)28-18)16-10-12-17(13-11-16)23(25)26/h3-13H,1-2H3. The van der Waals surface area contributed by atoms with E-state index in [1.54, 1.807) is 6.08 Å². The fourth-order valence-corrected chi connectivity index (χ4v) is 3.81. The minimum atomic E-state index is -0.482. The molecule has 2 aromatic carbocycles. The number of hydrogen-bond donors (Lipinski definition) is 0. The number of nitro groups is 1. The van der Waals surface area contributed by atoms with E-state index < -0.39 is 4.92 Å². The van der Waals surface area contributed by atoms with E-state index in [-0.39, 0.29) is 11.6 Å². The number of thioether (sulfide) groups is 1. The summed E-state index contributed by atoms with van der Waals surface area (Å²) in [5.41, 5.74) is 2.61. The molecule has 0 aliphatic carbocycles. The molecule has 8 heteroatoms. The zero-order chi connectivity index (χ0) is 20.3. The number of non-ortho nitro benzene ring substituents is 1. The Bertz CT molecular complexity index is 981. The first kappa shape index (κ1) is 19.8. The molecule has 0 spiro atoms. The van der Waals surface area contributed by atoms with E-state index in [1.165, 1.54) is 40.9 Å². The van der Waals surface area contributed by atoms with Crippen LogP contribution in [-0.4, -0.2) is 29.2 Å². The summed E-state index contributed by atoms with van der Waals surface area (Å²) in [6.45, 7) is 0. The van der Waals surface area contributed by atoms with Crippen molar-refractivity contribution in [2.45, 2.75) is 0 Å². The molecule has 1 aliphatic rings. The Hall–Kier alpha value is -2.97. The van der Waals surface area contributed by atoms with Gasteiger partial charge in [-0.25, -0.2) is 0 Å². The molecule has 1 aliphatic heterocycles. The van der Waals surface area contributed by atoms with Crippen LogP contribution in [0.15, 0.2) is 65.6 Å². The Morgan fingerprint density at radius 2 is 1.75 bits per heavy atom. The van der Waals surface area contributed by atoms with E-state index >= 15 is 0 Å². The quantitative estimate of drug-likeness (QED) is 0.309. The van der Waals surface area contributed by atoms with Crippen molar-refractivity contribution in [2.75, 3.05) is 23.9 Å². The van der Waals surface area contributed by atoms with Gasteiger partial charge < -0.3 is 4.90 Å². The minimum absolute atomic E-state index is 0.0343. The van der Waals surface area contributed by atoms with Crippen molar-refractivity contribution in [1.29, 1.82) is 0 Å². The second-order valence-electron chi connectivity index (χ2n) is 6.16. The van der Waals surface area contributed by atoms with E-state index in [0.717, 1.165) is 11.3 Å². The van der Waals surface area contributed by atoms with Crippen molar-refractivity contribution >= 4 is 57.3 Å². The predicted octanol–water partition coefficient (Wildman–Crippen LogP) is 4.62. The monoisotopic (exact) mass is 411 g/mol. The topological polar surface area (TPSA) is 66.7 Å².